The van der Waals surface area contributed by atoms with Gasteiger partial charge in [-0.3, -0.25) is 0 Å². The molecule has 5 heteroatoms. The lowest BCUT2D eigenvalue weighted by molar-refractivity contribution is 0.205. The molecule has 0 bridgehead atoms. The van der Waals surface area contributed by atoms with Gasteiger partial charge in [0.15, 0.2) is 5.76 Å². The maximum Gasteiger partial charge on any atom is 0.317 e. The fraction of sp³-hybridized carbons (Fsp3) is 0.222. The van der Waals surface area contributed by atoms with Crippen LogP contribution in [0, 0.1) is 6.92 Å². The van der Waals surface area contributed by atoms with E-state index in [4.69, 9.17) is 4.52 Å². The van der Waals surface area contributed by atoms with Crippen LogP contribution in [0.1, 0.15) is 17.0 Å². The minimum atomic E-state index is -0.146. The summed E-state index contributed by atoms with van der Waals surface area (Å²) in [4.78, 5) is 13.8. The van der Waals surface area contributed by atoms with E-state index in [1.807, 2.05) is 31.2 Å². The third-order valence-electron chi connectivity index (χ3n) is 3.67. The van der Waals surface area contributed by atoms with Crippen molar-refractivity contribution in [2.75, 3.05) is 7.05 Å². The Morgan fingerprint density at radius 1 is 1.17 bits per heavy atom. The van der Waals surface area contributed by atoms with Crippen LogP contribution in [0.15, 0.2) is 53.1 Å². The minimum absolute atomic E-state index is 0.146. The van der Waals surface area contributed by atoms with Crippen molar-refractivity contribution in [3.8, 4) is 0 Å². The molecule has 2 amide bonds. The number of carbonyl (C=O) groups is 1. The first-order valence-electron chi connectivity index (χ1n) is 7.50. The van der Waals surface area contributed by atoms with Crippen LogP contribution in [-0.2, 0) is 13.1 Å². The maximum absolute atomic E-state index is 12.1. The van der Waals surface area contributed by atoms with Gasteiger partial charge < -0.3 is 14.7 Å². The Labute approximate surface area is 134 Å². The fourth-order valence-corrected chi connectivity index (χ4v) is 2.48. The zero-order chi connectivity index (χ0) is 16.2. The van der Waals surface area contributed by atoms with E-state index in [0.717, 1.165) is 11.3 Å². The minimum Gasteiger partial charge on any atom is -0.359 e. The number of urea groups is 1. The molecule has 0 fully saturated rings. The van der Waals surface area contributed by atoms with Crippen molar-refractivity contribution in [3.63, 3.8) is 0 Å². The largest absolute Gasteiger partial charge is 0.359 e. The highest BCUT2D eigenvalue weighted by molar-refractivity contribution is 5.83. The summed E-state index contributed by atoms with van der Waals surface area (Å²) in [5, 5.41) is 8.99. The fourth-order valence-electron chi connectivity index (χ4n) is 2.48. The summed E-state index contributed by atoms with van der Waals surface area (Å²) in [5.74, 6) is 0.648. The van der Waals surface area contributed by atoms with E-state index >= 15 is 0 Å². The molecule has 3 rings (SSSR count). The van der Waals surface area contributed by atoms with Crippen molar-refractivity contribution in [1.82, 2.24) is 15.4 Å². The first kappa shape index (κ1) is 15.1. The Morgan fingerprint density at radius 2 is 1.96 bits per heavy atom. The Bertz CT molecular complexity index is 826. The predicted octanol–water partition coefficient (Wildman–Crippen LogP) is 3.48. The van der Waals surface area contributed by atoms with Gasteiger partial charge in [-0.15, -0.1) is 0 Å². The summed E-state index contributed by atoms with van der Waals surface area (Å²) in [6.45, 7) is 2.73. The van der Waals surface area contributed by atoms with Gasteiger partial charge in [-0.2, -0.15) is 0 Å². The number of benzene rings is 2. The van der Waals surface area contributed by atoms with Crippen LogP contribution >= 0.6 is 0 Å². The van der Waals surface area contributed by atoms with E-state index in [2.05, 4.69) is 34.7 Å². The van der Waals surface area contributed by atoms with Crippen LogP contribution in [0.2, 0.25) is 0 Å². The van der Waals surface area contributed by atoms with Gasteiger partial charge in [0.1, 0.15) is 0 Å². The molecule has 1 N–H and O–H groups in total. The van der Waals surface area contributed by atoms with Gasteiger partial charge in [-0.1, -0.05) is 41.6 Å². The maximum atomic E-state index is 12.1. The second-order valence-electron chi connectivity index (χ2n) is 5.63. The summed E-state index contributed by atoms with van der Waals surface area (Å²) < 4.78 is 5.08. The third-order valence-corrected chi connectivity index (χ3v) is 3.67. The Balaban J connectivity index is 1.60. The summed E-state index contributed by atoms with van der Waals surface area (Å²) in [5.41, 5.74) is 1.90. The summed E-state index contributed by atoms with van der Waals surface area (Å²) in [6, 6.07) is 16.1. The summed E-state index contributed by atoms with van der Waals surface area (Å²) in [6.07, 6.45) is 0. The monoisotopic (exact) mass is 309 g/mol. The van der Waals surface area contributed by atoms with Crippen LogP contribution in [0.25, 0.3) is 10.8 Å². The number of amides is 2. The van der Waals surface area contributed by atoms with Crippen molar-refractivity contribution in [1.29, 1.82) is 0 Å². The zero-order valence-electron chi connectivity index (χ0n) is 13.2. The van der Waals surface area contributed by atoms with Crippen molar-refractivity contribution in [2.45, 2.75) is 20.0 Å². The quantitative estimate of drug-likeness (QED) is 0.802. The van der Waals surface area contributed by atoms with Gasteiger partial charge in [0.2, 0.25) is 0 Å². The predicted molar refractivity (Wildman–Crippen MR) is 88.9 cm³/mol. The van der Waals surface area contributed by atoms with Gasteiger partial charge in [0.25, 0.3) is 0 Å². The highest BCUT2D eigenvalue weighted by Crippen LogP contribution is 2.16. The topological polar surface area (TPSA) is 58.4 Å². The molecule has 0 unspecified atom stereocenters. The number of hydrogen-bond donors (Lipinski definition) is 1. The van der Waals surface area contributed by atoms with Crippen molar-refractivity contribution in [2.24, 2.45) is 0 Å². The third kappa shape index (κ3) is 3.69. The molecule has 0 spiro atoms. The average molecular weight is 309 g/mol. The molecule has 3 aromatic rings. The zero-order valence-corrected chi connectivity index (χ0v) is 13.2. The number of nitrogens with zero attached hydrogens (tertiary/aromatic N) is 2. The Kier molecular flexibility index (Phi) is 4.28. The molecule has 23 heavy (non-hydrogen) atoms. The van der Waals surface area contributed by atoms with Crippen molar-refractivity contribution >= 4 is 16.8 Å². The van der Waals surface area contributed by atoms with Gasteiger partial charge >= 0.3 is 6.03 Å². The molecule has 0 saturated carbocycles. The number of nitrogens with one attached hydrogen (secondary N) is 1. The Hall–Kier alpha value is -2.82. The van der Waals surface area contributed by atoms with Crippen LogP contribution in [0.5, 0.6) is 0 Å². The van der Waals surface area contributed by atoms with Gasteiger partial charge in [-0.05, 0) is 29.3 Å². The average Bonchev–Trinajstić information content (AvgIpc) is 2.98. The van der Waals surface area contributed by atoms with Gasteiger partial charge in [-0.25, -0.2) is 4.79 Å². The van der Waals surface area contributed by atoms with E-state index in [1.54, 1.807) is 11.9 Å². The molecule has 0 aliphatic carbocycles. The van der Waals surface area contributed by atoms with Crippen molar-refractivity contribution < 1.29 is 9.32 Å². The highest BCUT2D eigenvalue weighted by Gasteiger charge is 2.10. The molecule has 118 valence electrons. The second-order valence-corrected chi connectivity index (χ2v) is 5.63. The molecule has 2 aromatic carbocycles. The molecule has 0 radical (unpaired) electrons. The van der Waals surface area contributed by atoms with Crippen LogP contribution in [0.4, 0.5) is 4.79 Å². The number of rotatable bonds is 4. The molecule has 1 aromatic heterocycles. The van der Waals surface area contributed by atoms with E-state index in [-0.39, 0.29) is 6.03 Å². The van der Waals surface area contributed by atoms with E-state index in [9.17, 15) is 4.79 Å². The highest BCUT2D eigenvalue weighted by atomic mass is 16.5. The second kappa shape index (κ2) is 6.52. The molecule has 0 aliphatic rings. The van der Waals surface area contributed by atoms with Gasteiger partial charge in [0, 0.05) is 19.7 Å². The lowest BCUT2D eigenvalue weighted by Gasteiger charge is -2.18. The Morgan fingerprint density at radius 3 is 2.70 bits per heavy atom. The van der Waals surface area contributed by atoms with Crippen molar-refractivity contribution in [3.05, 3.63) is 65.5 Å². The number of hydrogen-bond acceptors (Lipinski definition) is 3. The number of aryl methyl sites for hydroxylation is 1. The molecule has 5 nitrogen and oxygen atoms in total. The molecular formula is C18H19N3O2. The number of aromatic nitrogens is 1. The van der Waals surface area contributed by atoms with Crippen LogP contribution in [0.3, 0.4) is 0 Å². The molecule has 0 saturated heterocycles. The lowest BCUT2D eigenvalue weighted by atomic mass is 10.1. The first-order chi connectivity index (χ1) is 11.1. The van der Waals surface area contributed by atoms with E-state index in [1.165, 1.54) is 10.8 Å². The molecular weight excluding hydrogens is 290 g/mol. The van der Waals surface area contributed by atoms with Crippen LogP contribution < -0.4 is 5.32 Å². The smallest absolute Gasteiger partial charge is 0.317 e. The lowest BCUT2D eigenvalue weighted by Crippen LogP contribution is -2.36. The molecule has 0 atom stereocenters. The van der Waals surface area contributed by atoms with Crippen LogP contribution in [-0.4, -0.2) is 23.1 Å². The van der Waals surface area contributed by atoms with Gasteiger partial charge in [0.05, 0.1) is 12.2 Å². The standard InChI is InChI=1S/C18H19N3O2/c1-13-9-17(23-20-13)11-19-18(22)21(2)12-14-7-8-15-5-3-4-6-16(15)10-14/h3-10H,11-12H2,1-2H3,(H,19,22). The van der Waals surface area contributed by atoms with E-state index in [0.29, 0.717) is 18.8 Å². The summed E-state index contributed by atoms with van der Waals surface area (Å²) in [7, 11) is 1.77. The molecule has 0 aliphatic heterocycles. The summed E-state index contributed by atoms with van der Waals surface area (Å²) >= 11 is 0. The SMILES string of the molecule is Cc1cc(CNC(=O)N(C)Cc2ccc3ccccc3c2)on1. The normalized spacial score (nSPS) is 10.7. The molecule has 1 heterocycles. The first-order valence-corrected chi connectivity index (χ1v) is 7.50. The van der Waals surface area contributed by atoms with E-state index < -0.39 is 0 Å². The number of fused-ring (bicyclic) bond motifs is 1. The number of carbonyl (C=O) groups excluding carboxylic acids is 1.